The first-order valence-electron chi connectivity index (χ1n) is 3.84. The van der Waals surface area contributed by atoms with Gasteiger partial charge in [-0.2, -0.15) is 0 Å². The molecule has 0 spiro atoms. The van der Waals surface area contributed by atoms with Crippen LogP contribution < -0.4 is 5.32 Å². The van der Waals surface area contributed by atoms with Crippen molar-refractivity contribution < 1.29 is 13.0 Å². The minimum absolute atomic E-state index is 0.0166. The van der Waals surface area contributed by atoms with Crippen molar-refractivity contribution >= 4 is 10.8 Å². The Morgan fingerprint density at radius 1 is 1.50 bits per heavy atom. The molecule has 0 radical (unpaired) electrons. The molecule has 12 heavy (non-hydrogen) atoms. The monoisotopic (exact) mass is 199 g/mol. The van der Waals surface area contributed by atoms with Crippen LogP contribution in [0.2, 0.25) is 0 Å². The highest BCUT2D eigenvalue weighted by atomic mass is 32.2. The summed E-state index contributed by atoms with van der Waals surface area (Å²) in [4.78, 5) is 0. The van der Waals surface area contributed by atoms with Crippen molar-refractivity contribution in [2.24, 2.45) is 0 Å². The van der Waals surface area contributed by atoms with Crippen LogP contribution in [0.4, 0.5) is 8.78 Å². The maximum atomic E-state index is 11.7. The van der Waals surface area contributed by atoms with Gasteiger partial charge in [-0.05, 0) is 13.3 Å². The fourth-order valence-corrected chi connectivity index (χ4v) is 1.42. The SMILES string of the molecule is CC(CCS(C)=O)NCC(F)F. The van der Waals surface area contributed by atoms with Gasteiger partial charge in [-0.25, -0.2) is 8.78 Å². The van der Waals surface area contributed by atoms with Crippen molar-refractivity contribution in [3.8, 4) is 0 Å². The third-order valence-corrected chi connectivity index (χ3v) is 2.27. The molecule has 0 aromatic carbocycles. The third kappa shape index (κ3) is 8.07. The first-order chi connectivity index (χ1) is 5.52. The van der Waals surface area contributed by atoms with E-state index in [0.29, 0.717) is 12.2 Å². The third-order valence-electron chi connectivity index (χ3n) is 1.46. The molecule has 1 N–H and O–H groups in total. The first kappa shape index (κ1) is 12.0. The molecule has 0 aliphatic rings. The molecular weight excluding hydrogens is 184 g/mol. The Hall–Kier alpha value is -0.0300. The van der Waals surface area contributed by atoms with E-state index in [-0.39, 0.29) is 12.6 Å². The summed E-state index contributed by atoms with van der Waals surface area (Å²) in [5.74, 6) is 0.567. The van der Waals surface area contributed by atoms with Crippen LogP contribution in [0.3, 0.4) is 0 Å². The van der Waals surface area contributed by atoms with Crippen LogP contribution in [0, 0.1) is 0 Å². The average molecular weight is 199 g/mol. The van der Waals surface area contributed by atoms with E-state index in [1.807, 2.05) is 6.92 Å². The second-order valence-electron chi connectivity index (χ2n) is 2.77. The summed E-state index contributed by atoms with van der Waals surface area (Å²) < 4.78 is 34.0. The van der Waals surface area contributed by atoms with Crippen molar-refractivity contribution in [2.45, 2.75) is 25.8 Å². The quantitative estimate of drug-likeness (QED) is 0.691. The van der Waals surface area contributed by atoms with Gasteiger partial charge in [0, 0.05) is 28.9 Å². The number of alkyl halides is 2. The zero-order valence-corrected chi connectivity index (χ0v) is 8.16. The lowest BCUT2D eigenvalue weighted by atomic mass is 10.2. The molecule has 0 amide bonds. The molecule has 0 bridgehead atoms. The van der Waals surface area contributed by atoms with Crippen LogP contribution >= 0.6 is 0 Å². The van der Waals surface area contributed by atoms with Gasteiger partial charge in [-0.15, -0.1) is 0 Å². The molecule has 0 heterocycles. The molecule has 0 aliphatic heterocycles. The fraction of sp³-hybridized carbons (Fsp3) is 1.00. The van der Waals surface area contributed by atoms with Crippen molar-refractivity contribution in [1.29, 1.82) is 0 Å². The lowest BCUT2D eigenvalue weighted by molar-refractivity contribution is 0.142. The highest BCUT2D eigenvalue weighted by Crippen LogP contribution is 1.95. The van der Waals surface area contributed by atoms with Gasteiger partial charge in [0.25, 0.3) is 6.43 Å². The predicted molar refractivity (Wildman–Crippen MR) is 47.0 cm³/mol. The van der Waals surface area contributed by atoms with Gasteiger partial charge in [0.2, 0.25) is 0 Å². The van der Waals surface area contributed by atoms with Crippen LogP contribution in [0.25, 0.3) is 0 Å². The van der Waals surface area contributed by atoms with Gasteiger partial charge in [-0.1, -0.05) is 0 Å². The van der Waals surface area contributed by atoms with E-state index in [4.69, 9.17) is 0 Å². The van der Waals surface area contributed by atoms with Crippen molar-refractivity contribution in [2.75, 3.05) is 18.6 Å². The van der Waals surface area contributed by atoms with E-state index in [2.05, 4.69) is 5.32 Å². The van der Waals surface area contributed by atoms with E-state index in [9.17, 15) is 13.0 Å². The molecule has 0 rings (SSSR count). The Morgan fingerprint density at radius 2 is 2.08 bits per heavy atom. The van der Waals surface area contributed by atoms with Crippen LogP contribution in [-0.4, -0.2) is 35.2 Å². The summed E-state index contributed by atoms with van der Waals surface area (Å²) in [6.07, 6.45) is -0.0186. The van der Waals surface area contributed by atoms with E-state index < -0.39 is 17.2 Å². The fourth-order valence-electron chi connectivity index (χ4n) is 0.735. The Balaban J connectivity index is 3.33. The summed E-state index contributed by atoms with van der Waals surface area (Å²) in [5.41, 5.74) is 0. The van der Waals surface area contributed by atoms with Crippen molar-refractivity contribution in [3.63, 3.8) is 0 Å². The largest absolute Gasteiger partial charge is 0.309 e. The standard InChI is InChI=1S/C7H15F2NOS/c1-6(3-4-12(2)11)10-5-7(8)9/h6-7,10H,3-5H2,1-2H3. The van der Waals surface area contributed by atoms with E-state index in [1.165, 1.54) is 0 Å². The van der Waals surface area contributed by atoms with Crippen LogP contribution in [0.5, 0.6) is 0 Å². The molecule has 0 aliphatic carbocycles. The summed E-state index contributed by atoms with van der Waals surface area (Å²) in [7, 11) is -0.828. The zero-order valence-electron chi connectivity index (χ0n) is 7.35. The number of rotatable bonds is 6. The molecule has 0 saturated carbocycles. The molecule has 2 atom stereocenters. The second kappa shape index (κ2) is 6.48. The van der Waals surface area contributed by atoms with E-state index in [1.54, 1.807) is 6.26 Å². The topological polar surface area (TPSA) is 29.1 Å². The maximum absolute atomic E-state index is 11.7. The first-order valence-corrected chi connectivity index (χ1v) is 5.56. The van der Waals surface area contributed by atoms with E-state index >= 15 is 0 Å². The highest BCUT2D eigenvalue weighted by Gasteiger charge is 2.06. The zero-order chi connectivity index (χ0) is 9.56. The van der Waals surface area contributed by atoms with Gasteiger partial charge in [-0.3, -0.25) is 4.21 Å². The lowest BCUT2D eigenvalue weighted by Crippen LogP contribution is -2.31. The predicted octanol–water partition coefficient (Wildman–Crippen LogP) is 0.998. The van der Waals surface area contributed by atoms with Gasteiger partial charge in [0.1, 0.15) is 0 Å². The average Bonchev–Trinajstić information content (AvgIpc) is 1.96. The van der Waals surface area contributed by atoms with E-state index in [0.717, 1.165) is 0 Å². The van der Waals surface area contributed by atoms with Gasteiger partial charge in [0.15, 0.2) is 0 Å². The summed E-state index contributed by atoms with van der Waals surface area (Å²) in [6.45, 7) is 1.53. The van der Waals surface area contributed by atoms with Crippen molar-refractivity contribution in [3.05, 3.63) is 0 Å². The smallest absolute Gasteiger partial charge is 0.250 e. The molecule has 2 nitrogen and oxygen atoms in total. The Kier molecular flexibility index (Phi) is 6.47. The number of halogens is 2. The summed E-state index contributed by atoms with van der Waals surface area (Å²) in [6, 6.07) is 0.0166. The molecule has 0 fully saturated rings. The molecule has 2 unspecified atom stereocenters. The highest BCUT2D eigenvalue weighted by molar-refractivity contribution is 7.84. The Morgan fingerprint density at radius 3 is 2.50 bits per heavy atom. The number of hydrogen-bond acceptors (Lipinski definition) is 2. The normalized spacial score (nSPS) is 16.4. The summed E-state index contributed by atoms with van der Waals surface area (Å²) in [5, 5.41) is 2.65. The maximum Gasteiger partial charge on any atom is 0.250 e. The van der Waals surface area contributed by atoms with Crippen molar-refractivity contribution in [1.82, 2.24) is 5.32 Å². The van der Waals surface area contributed by atoms with Crippen LogP contribution in [0.1, 0.15) is 13.3 Å². The minimum Gasteiger partial charge on any atom is -0.309 e. The van der Waals surface area contributed by atoms with Crippen LogP contribution in [-0.2, 0) is 10.8 Å². The Labute approximate surface area is 74.2 Å². The molecular formula is C7H15F2NOS. The summed E-state index contributed by atoms with van der Waals surface area (Å²) >= 11 is 0. The van der Waals surface area contributed by atoms with Gasteiger partial charge in [0.05, 0.1) is 6.54 Å². The molecule has 0 saturated heterocycles. The van der Waals surface area contributed by atoms with Gasteiger partial charge >= 0.3 is 0 Å². The molecule has 74 valence electrons. The van der Waals surface area contributed by atoms with Crippen LogP contribution in [0.15, 0.2) is 0 Å². The minimum atomic E-state index is -2.31. The molecule has 0 aromatic heterocycles. The number of hydrogen-bond donors (Lipinski definition) is 1. The Bertz CT molecular complexity index is 143. The van der Waals surface area contributed by atoms with Gasteiger partial charge < -0.3 is 5.32 Å². The lowest BCUT2D eigenvalue weighted by Gasteiger charge is -2.11. The number of nitrogens with one attached hydrogen (secondary N) is 1. The molecule has 0 aromatic rings. The molecule has 5 heteroatoms. The second-order valence-corrected chi connectivity index (χ2v) is 4.32.